The number of carbonyl (C=O) groups is 2. The van der Waals surface area contributed by atoms with Crippen molar-refractivity contribution in [3.8, 4) is 0 Å². The quantitative estimate of drug-likeness (QED) is 0.884. The lowest BCUT2D eigenvalue weighted by molar-refractivity contribution is 0.0857. The van der Waals surface area contributed by atoms with Crippen molar-refractivity contribution in [2.45, 2.75) is 25.9 Å². The van der Waals surface area contributed by atoms with Gasteiger partial charge < -0.3 is 19.8 Å². The molecule has 1 aromatic carbocycles. The predicted octanol–water partition coefficient (Wildman–Crippen LogP) is 2.75. The van der Waals surface area contributed by atoms with Crippen LogP contribution >= 0.6 is 0 Å². The summed E-state index contributed by atoms with van der Waals surface area (Å²) in [6.07, 6.45) is 3.54. The van der Waals surface area contributed by atoms with Crippen molar-refractivity contribution >= 4 is 17.5 Å². The first kappa shape index (κ1) is 16.3. The van der Waals surface area contributed by atoms with E-state index in [1.807, 2.05) is 6.92 Å². The second kappa shape index (κ2) is 7.31. The van der Waals surface area contributed by atoms with Crippen molar-refractivity contribution in [3.63, 3.8) is 0 Å². The van der Waals surface area contributed by atoms with E-state index in [1.165, 1.54) is 6.26 Å². The minimum atomic E-state index is -0.347. The highest BCUT2D eigenvalue weighted by atomic mass is 16.5. The van der Waals surface area contributed by atoms with Gasteiger partial charge in [0.25, 0.3) is 11.8 Å². The largest absolute Gasteiger partial charge is 0.459 e. The lowest BCUT2D eigenvalue weighted by Gasteiger charge is -2.12. The summed E-state index contributed by atoms with van der Waals surface area (Å²) in [6, 6.07) is 8.45. The number of anilines is 1. The van der Waals surface area contributed by atoms with Gasteiger partial charge in [-0.1, -0.05) is 6.07 Å². The number of hydrogen-bond acceptors (Lipinski definition) is 4. The van der Waals surface area contributed by atoms with Gasteiger partial charge in [0.1, 0.15) is 0 Å². The first-order chi connectivity index (χ1) is 11.6. The molecule has 6 nitrogen and oxygen atoms in total. The second-order valence-corrected chi connectivity index (χ2v) is 5.81. The van der Waals surface area contributed by atoms with Crippen LogP contribution in [0.1, 0.15) is 39.3 Å². The summed E-state index contributed by atoms with van der Waals surface area (Å²) in [7, 11) is 0. The number of benzene rings is 1. The molecule has 2 aromatic rings. The minimum Gasteiger partial charge on any atom is -0.459 e. The number of carbonyl (C=O) groups excluding carboxylic acids is 2. The fourth-order valence-corrected chi connectivity index (χ4v) is 2.60. The summed E-state index contributed by atoms with van der Waals surface area (Å²) >= 11 is 0. The molecule has 2 heterocycles. The van der Waals surface area contributed by atoms with E-state index in [9.17, 15) is 9.59 Å². The molecule has 1 atom stereocenters. The number of amides is 2. The van der Waals surface area contributed by atoms with Gasteiger partial charge in [-0.2, -0.15) is 0 Å². The lowest BCUT2D eigenvalue weighted by Crippen LogP contribution is -2.31. The molecule has 126 valence electrons. The maximum Gasteiger partial charge on any atom is 0.291 e. The van der Waals surface area contributed by atoms with E-state index in [1.54, 1.807) is 30.3 Å². The Kier molecular flexibility index (Phi) is 4.96. The van der Waals surface area contributed by atoms with Crippen molar-refractivity contribution in [1.82, 2.24) is 5.32 Å². The molecular formula is C18H20N2O4. The second-order valence-electron chi connectivity index (χ2n) is 5.81. The SMILES string of the molecule is Cc1ccc(C(=O)NCC2CCCO2)cc1NC(=O)c1ccco1. The highest BCUT2D eigenvalue weighted by Crippen LogP contribution is 2.18. The summed E-state index contributed by atoms with van der Waals surface area (Å²) in [5, 5.41) is 5.64. The molecule has 2 amide bonds. The average Bonchev–Trinajstić information content (AvgIpc) is 3.28. The molecule has 0 spiro atoms. The highest BCUT2D eigenvalue weighted by Gasteiger charge is 2.17. The van der Waals surface area contributed by atoms with Gasteiger partial charge in [-0.05, 0) is 49.6 Å². The van der Waals surface area contributed by atoms with Crippen LogP contribution in [0.25, 0.3) is 0 Å². The van der Waals surface area contributed by atoms with E-state index in [-0.39, 0.29) is 23.7 Å². The monoisotopic (exact) mass is 328 g/mol. The zero-order valence-electron chi connectivity index (χ0n) is 13.5. The number of nitrogens with one attached hydrogen (secondary N) is 2. The average molecular weight is 328 g/mol. The molecule has 24 heavy (non-hydrogen) atoms. The van der Waals surface area contributed by atoms with E-state index < -0.39 is 0 Å². The molecule has 1 fully saturated rings. The maximum absolute atomic E-state index is 12.3. The molecule has 1 aliphatic heterocycles. The molecule has 1 saturated heterocycles. The molecule has 2 N–H and O–H groups in total. The Balaban J connectivity index is 1.66. The topological polar surface area (TPSA) is 80.6 Å². The summed E-state index contributed by atoms with van der Waals surface area (Å²) in [6.45, 7) is 3.13. The van der Waals surface area contributed by atoms with E-state index in [0.29, 0.717) is 17.8 Å². The molecular weight excluding hydrogens is 308 g/mol. The van der Waals surface area contributed by atoms with Crippen LogP contribution in [0.15, 0.2) is 41.0 Å². The maximum atomic E-state index is 12.3. The predicted molar refractivity (Wildman–Crippen MR) is 89.1 cm³/mol. The van der Waals surface area contributed by atoms with E-state index >= 15 is 0 Å². The smallest absolute Gasteiger partial charge is 0.291 e. The minimum absolute atomic E-state index is 0.0949. The molecule has 6 heteroatoms. The molecule has 1 unspecified atom stereocenters. The summed E-state index contributed by atoms with van der Waals surface area (Å²) in [5.41, 5.74) is 1.94. The third-order valence-electron chi connectivity index (χ3n) is 4.01. The zero-order valence-corrected chi connectivity index (χ0v) is 13.5. The summed E-state index contributed by atoms with van der Waals surface area (Å²) in [5.74, 6) is -0.304. The van der Waals surface area contributed by atoms with Crippen molar-refractivity contribution in [3.05, 3.63) is 53.5 Å². The van der Waals surface area contributed by atoms with Gasteiger partial charge in [-0.3, -0.25) is 9.59 Å². The van der Waals surface area contributed by atoms with Crippen molar-refractivity contribution in [2.75, 3.05) is 18.5 Å². The Morgan fingerprint density at radius 2 is 2.12 bits per heavy atom. The van der Waals surface area contributed by atoms with Gasteiger partial charge >= 0.3 is 0 Å². The summed E-state index contributed by atoms with van der Waals surface area (Å²) in [4.78, 5) is 24.4. The molecule has 0 saturated carbocycles. The van der Waals surface area contributed by atoms with Crippen LogP contribution in [-0.4, -0.2) is 31.1 Å². The van der Waals surface area contributed by atoms with Crippen molar-refractivity contribution in [2.24, 2.45) is 0 Å². The van der Waals surface area contributed by atoms with Crippen LogP contribution < -0.4 is 10.6 Å². The summed E-state index contributed by atoms with van der Waals surface area (Å²) < 4.78 is 10.6. The van der Waals surface area contributed by atoms with E-state index in [4.69, 9.17) is 9.15 Å². The Hall–Kier alpha value is -2.60. The number of rotatable bonds is 5. The number of ether oxygens (including phenoxy) is 1. The van der Waals surface area contributed by atoms with E-state index in [2.05, 4.69) is 10.6 Å². The van der Waals surface area contributed by atoms with Crippen LogP contribution in [-0.2, 0) is 4.74 Å². The van der Waals surface area contributed by atoms with Crippen LogP contribution in [0, 0.1) is 6.92 Å². The van der Waals surface area contributed by atoms with Crippen LogP contribution in [0.5, 0.6) is 0 Å². The van der Waals surface area contributed by atoms with Gasteiger partial charge in [-0.15, -0.1) is 0 Å². The van der Waals surface area contributed by atoms with Crippen LogP contribution in [0.2, 0.25) is 0 Å². The van der Waals surface area contributed by atoms with Crippen molar-refractivity contribution < 1.29 is 18.7 Å². The normalized spacial score (nSPS) is 16.8. The number of aryl methyl sites for hydroxylation is 1. The van der Waals surface area contributed by atoms with Crippen molar-refractivity contribution in [1.29, 1.82) is 0 Å². The Morgan fingerprint density at radius 3 is 2.83 bits per heavy atom. The third-order valence-corrected chi connectivity index (χ3v) is 4.01. The fraction of sp³-hybridized carbons (Fsp3) is 0.333. The first-order valence-corrected chi connectivity index (χ1v) is 7.99. The lowest BCUT2D eigenvalue weighted by atomic mass is 10.1. The molecule has 3 rings (SSSR count). The van der Waals surface area contributed by atoms with E-state index in [0.717, 1.165) is 25.0 Å². The molecule has 0 aliphatic carbocycles. The fourth-order valence-electron chi connectivity index (χ4n) is 2.60. The Labute approximate surface area is 140 Å². The zero-order chi connectivity index (χ0) is 16.9. The van der Waals surface area contributed by atoms with Gasteiger partial charge in [0.2, 0.25) is 0 Å². The third kappa shape index (κ3) is 3.83. The first-order valence-electron chi connectivity index (χ1n) is 7.99. The number of hydrogen-bond donors (Lipinski definition) is 2. The Bertz CT molecular complexity index is 719. The molecule has 1 aliphatic rings. The van der Waals surface area contributed by atoms with Crippen LogP contribution in [0.4, 0.5) is 5.69 Å². The molecule has 0 bridgehead atoms. The van der Waals surface area contributed by atoms with Gasteiger partial charge in [0, 0.05) is 24.4 Å². The number of furan rings is 1. The molecule has 0 radical (unpaired) electrons. The van der Waals surface area contributed by atoms with Gasteiger partial charge in [0.15, 0.2) is 5.76 Å². The highest BCUT2D eigenvalue weighted by molar-refractivity contribution is 6.03. The van der Waals surface area contributed by atoms with Crippen LogP contribution in [0.3, 0.4) is 0 Å². The standard InChI is InChI=1S/C18H20N2O4/c1-12-6-7-13(17(21)19-11-14-4-2-8-23-14)10-15(12)20-18(22)16-5-3-9-24-16/h3,5-7,9-10,14H,2,4,8,11H2,1H3,(H,19,21)(H,20,22). The van der Waals surface area contributed by atoms with Gasteiger partial charge in [0.05, 0.1) is 12.4 Å². The Morgan fingerprint density at radius 1 is 1.25 bits per heavy atom. The molecule has 1 aromatic heterocycles. The van der Waals surface area contributed by atoms with Gasteiger partial charge in [-0.25, -0.2) is 0 Å².